The van der Waals surface area contributed by atoms with E-state index >= 15 is 0 Å². The van der Waals surface area contributed by atoms with Gasteiger partial charge in [-0.25, -0.2) is 4.39 Å². The minimum Gasteiger partial charge on any atom is -0.493 e. The first kappa shape index (κ1) is 18.1. The number of carbonyl (C=O) groups excluding carboxylic acids is 1. The fourth-order valence-electron chi connectivity index (χ4n) is 1.98. The van der Waals surface area contributed by atoms with Gasteiger partial charge in [-0.15, -0.1) is 0 Å². The zero-order valence-electron chi connectivity index (χ0n) is 12.9. The summed E-state index contributed by atoms with van der Waals surface area (Å²) in [7, 11) is 2.96. The molecule has 1 N–H and O–H groups in total. The molecular formula is C17H14Cl2FNO3. The summed E-state index contributed by atoms with van der Waals surface area (Å²) in [6, 6.07) is 7.63. The molecule has 0 aliphatic rings. The molecular weight excluding hydrogens is 356 g/mol. The van der Waals surface area contributed by atoms with Crippen LogP contribution >= 0.6 is 23.2 Å². The lowest BCUT2D eigenvalue weighted by atomic mass is 10.2. The Hall–Kier alpha value is -2.24. The maximum atomic E-state index is 13.7. The Labute approximate surface area is 148 Å². The van der Waals surface area contributed by atoms with E-state index in [1.807, 2.05) is 0 Å². The van der Waals surface area contributed by atoms with Crippen LogP contribution < -0.4 is 14.8 Å². The molecule has 0 unspecified atom stereocenters. The molecule has 24 heavy (non-hydrogen) atoms. The SMILES string of the molecule is COc1cc(/C=C/C(=O)Nc2cccc(Cl)c2F)cc(Cl)c1OC. The van der Waals surface area contributed by atoms with E-state index in [0.29, 0.717) is 22.1 Å². The summed E-state index contributed by atoms with van der Waals surface area (Å²) in [4.78, 5) is 11.9. The van der Waals surface area contributed by atoms with Crippen LogP contribution in [-0.4, -0.2) is 20.1 Å². The average Bonchev–Trinajstić information content (AvgIpc) is 2.56. The average molecular weight is 370 g/mol. The molecule has 2 aromatic carbocycles. The van der Waals surface area contributed by atoms with Gasteiger partial charge in [0, 0.05) is 6.08 Å². The molecule has 4 nitrogen and oxygen atoms in total. The number of rotatable bonds is 5. The third kappa shape index (κ3) is 4.19. The summed E-state index contributed by atoms with van der Waals surface area (Å²) < 4.78 is 24.1. The number of nitrogens with one attached hydrogen (secondary N) is 1. The summed E-state index contributed by atoms with van der Waals surface area (Å²) in [6.45, 7) is 0. The third-order valence-corrected chi connectivity index (χ3v) is 3.67. The Morgan fingerprint density at radius 1 is 1.17 bits per heavy atom. The molecule has 0 heterocycles. The molecule has 7 heteroatoms. The van der Waals surface area contributed by atoms with Crippen molar-refractivity contribution in [1.29, 1.82) is 0 Å². The van der Waals surface area contributed by atoms with Crippen LogP contribution in [0.25, 0.3) is 6.08 Å². The molecule has 0 atom stereocenters. The van der Waals surface area contributed by atoms with Crippen LogP contribution in [0.1, 0.15) is 5.56 Å². The van der Waals surface area contributed by atoms with Gasteiger partial charge in [0.15, 0.2) is 17.3 Å². The minimum atomic E-state index is -0.685. The van der Waals surface area contributed by atoms with Crippen LogP contribution in [0.5, 0.6) is 11.5 Å². The highest BCUT2D eigenvalue weighted by atomic mass is 35.5. The fraction of sp³-hybridized carbons (Fsp3) is 0.118. The van der Waals surface area contributed by atoms with Gasteiger partial charge in [-0.05, 0) is 35.9 Å². The van der Waals surface area contributed by atoms with Crippen molar-refractivity contribution in [2.24, 2.45) is 0 Å². The molecule has 0 radical (unpaired) electrons. The lowest BCUT2D eigenvalue weighted by Gasteiger charge is -2.10. The van der Waals surface area contributed by atoms with E-state index < -0.39 is 11.7 Å². The van der Waals surface area contributed by atoms with Crippen LogP contribution in [0.15, 0.2) is 36.4 Å². The second-order valence-electron chi connectivity index (χ2n) is 4.66. The number of halogens is 3. The van der Waals surface area contributed by atoms with Crippen LogP contribution in [0.2, 0.25) is 10.0 Å². The molecule has 0 saturated heterocycles. The monoisotopic (exact) mass is 369 g/mol. The Balaban J connectivity index is 2.17. The Bertz CT molecular complexity index is 794. The maximum absolute atomic E-state index is 13.7. The second-order valence-corrected chi connectivity index (χ2v) is 5.48. The summed E-state index contributed by atoms with van der Waals surface area (Å²) in [6.07, 6.45) is 2.77. The van der Waals surface area contributed by atoms with Gasteiger partial charge in [-0.1, -0.05) is 29.3 Å². The number of carbonyl (C=O) groups is 1. The number of amides is 1. The smallest absolute Gasteiger partial charge is 0.248 e. The van der Waals surface area contributed by atoms with Crippen LogP contribution in [0.3, 0.4) is 0 Å². The van der Waals surface area contributed by atoms with Gasteiger partial charge < -0.3 is 14.8 Å². The molecule has 2 rings (SSSR count). The summed E-state index contributed by atoms with van der Waals surface area (Å²) >= 11 is 11.8. The number of hydrogen-bond donors (Lipinski definition) is 1. The number of methoxy groups -OCH3 is 2. The van der Waals surface area contributed by atoms with E-state index in [-0.39, 0.29) is 10.7 Å². The van der Waals surface area contributed by atoms with Gasteiger partial charge in [0.2, 0.25) is 5.91 Å². The van der Waals surface area contributed by atoms with E-state index in [1.165, 1.54) is 38.5 Å². The van der Waals surface area contributed by atoms with Crippen molar-refractivity contribution in [2.45, 2.75) is 0 Å². The van der Waals surface area contributed by atoms with Gasteiger partial charge in [0.25, 0.3) is 0 Å². The van der Waals surface area contributed by atoms with E-state index in [0.717, 1.165) is 0 Å². The molecule has 1 amide bonds. The molecule has 0 aliphatic carbocycles. The minimum absolute atomic E-state index is 0.00231. The fourth-order valence-corrected chi connectivity index (χ4v) is 2.45. The molecule has 0 aromatic heterocycles. The number of hydrogen-bond acceptors (Lipinski definition) is 3. The van der Waals surface area contributed by atoms with Gasteiger partial charge in [-0.2, -0.15) is 0 Å². The van der Waals surface area contributed by atoms with Crippen molar-refractivity contribution in [1.82, 2.24) is 0 Å². The Morgan fingerprint density at radius 3 is 2.58 bits per heavy atom. The Morgan fingerprint density at radius 2 is 1.92 bits per heavy atom. The number of anilines is 1. The molecule has 0 saturated carbocycles. The summed E-state index contributed by atoms with van der Waals surface area (Å²) in [5.41, 5.74) is 0.627. The topological polar surface area (TPSA) is 47.6 Å². The van der Waals surface area contributed by atoms with E-state index in [9.17, 15) is 9.18 Å². The van der Waals surface area contributed by atoms with E-state index in [2.05, 4.69) is 5.32 Å². The molecule has 2 aromatic rings. The van der Waals surface area contributed by atoms with Crippen LogP contribution in [-0.2, 0) is 4.79 Å². The van der Waals surface area contributed by atoms with Gasteiger partial charge >= 0.3 is 0 Å². The van der Waals surface area contributed by atoms with Crippen molar-refractivity contribution >= 4 is 40.9 Å². The largest absolute Gasteiger partial charge is 0.493 e. The predicted molar refractivity (Wildman–Crippen MR) is 93.6 cm³/mol. The maximum Gasteiger partial charge on any atom is 0.248 e. The first-order valence-electron chi connectivity index (χ1n) is 6.81. The molecule has 0 bridgehead atoms. The lowest BCUT2D eigenvalue weighted by molar-refractivity contribution is -0.111. The quantitative estimate of drug-likeness (QED) is 0.769. The van der Waals surface area contributed by atoms with E-state index in [4.69, 9.17) is 32.7 Å². The summed E-state index contributed by atoms with van der Waals surface area (Å²) in [5.74, 6) is -0.357. The van der Waals surface area contributed by atoms with Crippen LogP contribution in [0, 0.1) is 5.82 Å². The zero-order chi connectivity index (χ0) is 17.7. The Kier molecular flexibility index (Phi) is 6.06. The highest BCUT2D eigenvalue weighted by molar-refractivity contribution is 6.32. The number of benzene rings is 2. The highest BCUT2D eigenvalue weighted by Gasteiger charge is 2.10. The van der Waals surface area contributed by atoms with Crippen molar-refractivity contribution in [3.8, 4) is 11.5 Å². The molecule has 126 valence electrons. The normalized spacial score (nSPS) is 10.7. The first-order chi connectivity index (χ1) is 11.5. The van der Waals surface area contributed by atoms with Crippen molar-refractivity contribution in [3.05, 3.63) is 57.8 Å². The number of ether oxygens (including phenoxy) is 2. The third-order valence-electron chi connectivity index (χ3n) is 3.09. The predicted octanol–water partition coefficient (Wildman–Crippen LogP) is 4.80. The summed E-state index contributed by atoms with van der Waals surface area (Å²) in [5, 5.41) is 2.69. The first-order valence-corrected chi connectivity index (χ1v) is 7.56. The van der Waals surface area contributed by atoms with Crippen molar-refractivity contribution in [2.75, 3.05) is 19.5 Å². The highest BCUT2D eigenvalue weighted by Crippen LogP contribution is 2.36. The molecule has 0 spiro atoms. The van der Waals surface area contributed by atoms with Gasteiger partial charge in [0.05, 0.1) is 30.0 Å². The van der Waals surface area contributed by atoms with Gasteiger partial charge in [0.1, 0.15) is 0 Å². The van der Waals surface area contributed by atoms with E-state index in [1.54, 1.807) is 18.2 Å². The van der Waals surface area contributed by atoms with Crippen LogP contribution in [0.4, 0.5) is 10.1 Å². The standard InChI is InChI=1S/C17H14Cl2FNO3/c1-23-14-9-10(8-12(19)17(14)24-2)6-7-15(22)21-13-5-3-4-11(18)16(13)20/h3-9H,1-2H3,(H,21,22)/b7-6+. The lowest BCUT2D eigenvalue weighted by Crippen LogP contribution is -2.09. The molecule has 0 aliphatic heterocycles. The van der Waals surface area contributed by atoms with Crippen molar-refractivity contribution < 1.29 is 18.7 Å². The second kappa shape index (κ2) is 8.04. The molecule has 0 fully saturated rings. The van der Waals surface area contributed by atoms with Crippen molar-refractivity contribution in [3.63, 3.8) is 0 Å². The zero-order valence-corrected chi connectivity index (χ0v) is 14.4. The van der Waals surface area contributed by atoms with Gasteiger partial charge in [-0.3, -0.25) is 4.79 Å².